The van der Waals surface area contributed by atoms with Gasteiger partial charge in [-0.05, 0) is 61.9 Å². The Hall–Kier alpha value is -3.41. The maximum absolute atomic E-state index is 12.8. The Kier molecular flexibility index (Phi) is 6.12. The number of esters is 1. The second-order valence-electron chi connectivity index (χ2n) is 8.40. The van der Waals surface area contributed by atoms with Crippen molar-refractivity contribution in [3.63, 3.8) is 0 Å². The Morgan fingerprint density at radius 3 is 2.66 bits per heavy atom. The molecule has 2 aromatic carbocycles. The summed E-state index contributed by atoms with van der Waals surface area (Å²) in [5.74, 6) is -0.712. The topological polar surface area (TPSA) is 76.8 Å². The second-order valence-corrected chi connectivity index (χ2v) is 8.40. The molecule has 1 unspecified atom stereocenters. The molecule has 4 rings (SSSR count). The maximum Gasteiger partial charge on any atom is 0.339 e. The van der Waals surface area contributed by atoms with Gasteiger partial charge in [0.05, 0.1) is 0 Å². The largest absolute Gasteiger partial charge is 0.453 e. The third kappa shape index (κ3) is 4.44. The first-order valence-electron chi connectivity index (χ1n) is 10.9. The Balaban J connectivity index is 1.37. The molecule has 0 bridgehead atoms. The van der Waals surface area contributed by atoms with Crippen LogP contribution in [0.25, 0.3) is 11.0 Å². The van der Waals surface area contributed by atoms with Crippen LogP contribution in [0.4, 0.5) is 0 Å². The Morgan fingerprint density at radius 2 is 1.88 bits per heavy atom. The molecule has 166 valence electrons. The number of carbonyl (C=O) groups excluding carboxylic acids is 2. The molecule has 2 heterocycles. The zero-order valence-corrected chi connectivity index (χ0v) is 18.6. The third-order valence-corrected chi connectivity index (χ3v) is 6.12. The molecule has 0 aliphatic carbocycles. The molecule has 0 saturated carbocycles. The van der Waals surface area contributed by atoms with Crippen LogP contribution in [0, 0.1) is 13.8 Å². The number of amides is 1. The van der Waals surface area contributed by atoms with Gasteiger partial charge in [0.25, 0.3) is 5.91 Å². The van der Waals surface area contributed by atoms with Gasteiger partial charge < -0.3 is 14.1 Å². The molecule has 0 radical (unpaired) electrons. The zero-order valence-electron chi connectivity index (χ0n) is 18.6. The van der Waals surface area contributed by atoms with Crippen LogP contribution in [0.3, 0.4) is 0 Å². The van der Waals surface area contributed by atoms with E-state index in [1.54, 1.807) is 11.8 Å². The minimum absolute atomic E-state index is 0.00339. The van der Waals surface area contributed by atoms with Crippen molar-refractivity contribution in [3.05, 3.63) is 80.7 Å². The van der Waals surface area contributed by atoms with E-state index in [4.69, 9.17) is 9.15 Å². The molecule has 1 aliphatic heterocycles. The van der Waals surface area contributed by atoms with E-state index in [1.165, 1.54) is 5.56 Å². The lowest BCUT2D eigenvalue weighted by molar-refractivity contribution is -0.159. The Bertz CT molecular complexity index is 1240. The van der Waals surface area contributed by atoms with Crippen LogP contribution < -0.4 is 5.63 Å². The van der Waals surface area contributed by atoms with E-state index in [-0.39, 0.29) is 18.7 Å². The number of ether oxygens (including phenoxy) is 1. The lowest BCUT2D eigenvalue weighted by Gasteiger charge is -2.30. The van der Waals surface area contributed by atoms with Crippen LogP contribution >= 0.6 is 0 Å². The zero-order chi connectivity index (χ0) is 22.8. The van der Waals surface area contributed by atoms with Gasteiger partial charge in [-0.1, -0.05) is 36.4 Å². The van der Waals surface area contributed by atoms with Crippen LogP contribution in [0.2, 0.25) is 0 Å². The number of rotatable bonds is 5. The Labute approximate surface area is 186 Å². The minimum atomic E-state index is -0.871. The molecule has 3 aromatic rings. The lowest BCUT2D eigenvalue weighted by atomic mass is 9.99. The van der Waals surface area contributed by atoms with Crippen LogP contribution in [0.5, 0.6) is 0 Å². The fourth-order valence-electron chi connectivity index (χ4n) is 4.26. The van der Waals surface area contributed by atoms with Gasteiger partial charge >= 0.3 is 11.6 Å². The van der Waals surface area contributed by atoms with Crippen LogP contribution in [0.15, 0.2) is 51.7 Å². The molecule has 1 amide bonds. The third-order valence-electron chi connectivity index (χ3n) is 6.12. The van der Waals surface area contributed by atoms with Gasteiger partial charge in [0.1, 0.15) is 5.58 Å². The highest BCUT2D eigenvalue weighted by atomic mass is 16.5. The van der Waals surface area contributed by atoms with Gasteiger partial charge in [0, 0.05) is 30.5 Å². The molecule has 0 spiro atoms. The molecule has 6 heteroatoms. The number of aryl methyl sites for hydroxylation is 2. The molecule has 1 aromatic heterocycles. The molecule has 0 fully saturated rings. The quantitative estimate of drug-likeness (QED) is 0.451. The van der Waals surface area contributed by atoms with Gasteiger partial charge in [-0.15, -0.1) is 0 Å². The first kappa shape index (κ1) is 21.8. The molecule has 0 saturated heterocycles. The number of benzene rings is 2. The summed E-state index contributed by atoms with van der Waals surface area (Å²) in [4.78, 5) is 39.4. The van der Waals surface area contributed by atoms with E-state index >= 15 is 0 Å². The molecular formula is C26H27NO5. The summed E-state index contributed by atoms with van der Waals surface area (Å²) in [6, 6.07) is 13.8. The van der Waals surface area contributed by atoms with Gasteiger partial charge in [0.15, 0.2) is 6.10 Å². The highest BCUT2D eigenvalue weighted by molar-refractivity contribution is 5.84. The number of carbonyl (C=O) groups is 2. The standard InChI is InChI=1S/C26H27NO5/c1-16-8-9-21-17(2)22(26(30)32-23(21)14-16)10-11-24(28)31-18(3)25(29)27-13-12-19-6-4-5-7-20(19)15-27/h4-9,14,18H,10-13,15H2,1-3H3. The summed E-state index contributed by atoms with van der Waals surface area (Å²) in [5, 5.41) is 0.854. The summed E-state index contributed by atoms with van der Waals surface area (Å²) in [6.07, 6.45) is 0.127. The van der Waals surface area contributed by atoms with Crippen molar-refractivity contribution in [1.29, 1.82) is 0 Å². The summed E-state index contributed by atoms with van der Waals surface area (Å²) in [6.45, 7) is 6.51. The van der Waals surface area contributed by atoms with Gasteiger partial charge in [-0.25, -0.2) is 4.79 Å². The minimum Gasteiger partial charge on any atom is -0.453 e. The lowest BCUT2D eigenvalue weighted by Crippen LogP contribution is -2.42. The first-order valence-corrected chi connectivity index (χ1v) is 10.9. The molecule has 32 heavy (non-hydrogen) atoms. The van der Waals surface area contributed by atoms with E-state index in [0.717, 1.165) is 28.5 Å². The first-order chi connectivity index (χ1) is 15.3. The van der Waals surface area contributed by atoms with E-state index in [2.05, 4.69) is 6.07 Å². The highest BCUT2D eigenvalue weighted by Gasteiger charge is 2.27. The van der Waals surface area contributed by atoms with E-state index in [0.29, 0.717) is 24.2 Å². The number of nitrogens with zero attached hydrogens (tertiary/aromatic N) is 1. The van der Waals surface area contributed by atoms with Crippen molar-refractivity contribution in [3.8, 4) is 0 Å². The fraction of sp³-hybridized carbons (Fsp3) is 0.346. The average Bonchev–Trinajstić information content (AvgIpc) is 2.77. The number of hydrogen-bond acceptors (Lipinski definition) is 5. The number of fused-ring (bicyclic) bond motifs is 2. The van der Waals surface area contributed by atoms with Crippen molar-refractivity contribution in [2.75, 3.05) is 6.54 Å². The maximum atomic E-state index is 12.8. The molecule has 1 aliphatic rings. The summed E-state index contributed by atoms with van der Waals surface area (Å²) in [7, 11) is 0. The van der Waals surface area contributed by atoms with E-state index in [1.807, 2.05) is 50.2 Å². The van der Waals surface area contributed by atoms with Gasteiger partial charge in [-0.2, -0.15) is 0 Å². The van der Waals surface area contributed by atoms with E-state index in [9.17, 15) is 14.4 Å². The molecule has 1 atom stereocenters. The summed E-state index contributed by atoms with van der Waals surface area (Å²) < 4.78 is 10.8. The molecular weight excluding hydrogens is 406 g/mol. The van der Waals surface area contributed by atoms with Gasteiger partial charge in [-0.3, -0.25) is 9.59 Å². The number of hydrogen-bond donors (Lipinski definition) is 0. The predicted octanol–water partition coefficient (Wildman–Crippen LogP) is 3.86. The monoisotopic (exact) mass is 433 g/mol. The van der Waals surface area contributed by atoms with Crippen LogP contribution in [-0.4, -0.2) is 29.4 Å². The average molecular weight is 434 g/mol. The van der Waals surface area contributed by atoms with Crippen molar-refractivity contribution in [2.45, 2.75) is 52.7 Å². The fourth-order valence-corrected chi connectivity index (χ4v) is 4.26. The predicted molar refractivity (Wildman–Crippen MR) is 121 cm³/mol. The van der Waals surface area contributed by atoms with Crippen molar-refractivity contribution < 1.29 is 18.7 Å². The van der Waals surface area contributed by atoms with E-state index < -0.39 is 17.7 Å². The van der Waals surface area contributed by atoms with Crippen molar-refractivity contribution >= 4 is 22.8 Å². The van der Waals surface area contributed by atoms with Crippen molar-refractivity contribution in [1.82, 2.24) is 4.90 Å². The van der Waals surface area contributed by atoms with Crippen molar-refractivity contribution in [2.24, 2.45) is 0 Å². The summed E-state index contributed by atoms with van der Waals surface area (Å²) in [5.41, 5.74) is 4.75. The van der Waals surface area contributed by atoms with Gasteiger partial charge in [0.2, 0.25) is 0 Å². The normalized spacial score (nSPS) is 14.2. The SMILES string of the molecule is Cc1ccc2c(C)c(CCC(=O)OC(C)C(=O)N3CCc4ccccc4C3)c(=O)oc2c1. The smallest absolute Gasteiger partial charge is 0.339 e. The van der Waals surface area contributed by atoms with Crippen LogP contribution in [0.1, 0.15) is 41.2 Å². The molecule has 6 nitrogen and oxygen atoms in total. The van der Waals surface area contributed by atoms with Crippen LogP contribution in [-0.2, 0) is 33.7 Å². The Morgan fingerprint density at radius 1 is 1.12 bits per heavy atom. The second kappa shape index (κ2) is 8.99. The highest BCUT2D eigenvalue weighted by Crippen LogP contribution is 2.22. The molecule has 0 N–H and O–H groups in total. The summed E-state index contributed by atoms with van der Waals surface area (Å²) >= 11 is 0.